The Kier molecular flexibility index (Phi) is 3.73. The average molecular weight is 361 g/mol. The fraction of sp³-hybridized carbons (Fsp3) is 0.0526. The van der Waals surface area contributed by atoms with Crippen molar-refractivity contribution in [3.8, 4) is 0 Å². The minimum atomic E-state index is -1.10. The highest BCUT2D eigenvalue weighted by atomic mass is 16.4. The maximum Gasteiger partial charge on any atom is 0.335 e. The number of anilines is 1. The molecular formula is C19H13N4O4-. The third-order valence-corrected chi connectivity index (χ3v) is 4.34. The Balaban J connectivity index is 1.76. The molecule has 2 aromatic carbocycles. The molecule has 0 amide bonds. The standard InChI is InChI=1S/C19H14N4O4/c20-16-15(17-21-13-7-2-1-6-12(13)18(25)22-17)14(24)9-23(16)11-5-3-4-10(8-11)19(26)27/h1-8,20,24H,9H2,(H,26,27)(H,21,22,25)/p-1. The molecule has 4 rings (SSSR count). The van der Waals surface area contributed by atoms with Gasteiger partial charge in [-0.15, -0.1) is 0 Å². The van der Waals surface area contributed by atoms with Crippen LogP contribution in [-0.2, 0) is 0 Å². The van der Waals surface area contributed by atoms with Gasteiger partial charge in [-0.1, -0.05) is 24.0 Å². The maximum absolute atomic E-state index is 12.5. The van der Waals surface area contributed by atoms with Gasteiger partial charge in [-0.3, -0.25) is 10.2 Å². The van der Waals surface area contributed by atoms with E-state index in [1.807, 2.05) is 0 Å². The molecule has 3 N–H and O–H groups in total. The van der Waals surface area contributed by atoms with E-state index in [1.54, 1.807) is 36.4 Å². The Morgan fingerprint density at radius 1 is 1.22 bits per heavy atom. The number of nitrogens with zero attached hydrogens (tertiary/aromatic N) is 2. The summed E-state index contributed by atoms with van der Waals surface area (Å²) in [6, 6.07) is 12.7. The number of carboxylic acids is 1. The van der Waals surface area contributed by atoms with Crippen molar-refractivity contribution in [1.29, 1.82) is 5.41 Å². The van der Waals surface area contributed by atoms with Crippen LogP contribution >= 0.6 is 0 Å². The van der Waals surface area contributed by atoms with Gasteiger partial charge in [-0.05, 0) is 30.3 Å². The van der Waals surface area contributed by atoms with Crippen LogP contribution in [0.2, 0.25) is 0 Å². The number of hydrogen-bond acceptors (Lipinski definition) is 5. The smallest absolute Gasteiger partial charge is 0.335 e. The quantitative estimate of drug-likeness (QED) is 0.642. The zero-order valence-corrected chi connectivity index (χ0v) is 13.9. The Morgan fingerprint density at radius 2 is 2.00 bits per heavy atom. The molecule has 1 aliphatic rings. The van der Waals surface area contributed by atoms with Crippen molar-refractivity contribution in [2.24, 2.45) is 0 Å². The Bertz CT molecular complexity index is 1200. The average Bonchev–Trinajstić information content (AvgIpc) is 2.96. The van der Waals surface area contributed by atoms with E-state index in [1.165, 1.54) is 17.0 Å². The summed E-state index contributed by atoms with van der Waals surface area (Å²) in [5.41, 5.74) is 0.495. The molecule has 2 heterocycles. The molecule has 8 heteroatoms. The van der Waals surface area contributed by atoms with Crippen molar-refractivity contribution in [3.63, 3.8) is 0 Å². The molecule has 0 saturated heterocycles. The molecule has 0 saturated carbocycles. The van der Waals surface area contributed by atoms with Gasteiger partial charge in [-0.25, -0.2) is 9.78 Å². The number of hydrogen-bond donors (Lipinski definition) is 3. The van der Waals surface area contributed by atoms with Crippen LogP contribution < -0.4 is 15.6 Å². The lowest BCUT2D eigenvalue weighted by molar-refractivity contribution is -0.300. The number of aromatic carboxylic acids is 1. The molecule has 0 spiro atoms. The molecule has 0 bridgehead atoms. The summed E-state index contributed by atoms with van der Waals surface area (Å²) in [5, 5.41) is 30.5. The Morgan fingerprint density at radius 3 is 2.78 bits per heavy atom. The van der Waals surface area contributed by atoms with Crippen molar-refractivity contribution in [2.45, 2.75) is 0 Å². The summed E-state index contributed by atoms with van der Waals surface area (Å²) < 4.78 is 0. The van der Waals surface area contributed by atoms with Gasteiger partial charge < -0.3 is 20.1 Å². The van der Waals surface area contributed by atoms with Gasteiger partial charge in [0.2, 0.25) is 0 Å². The van der Waals surface area contributed by atoms with Crippen LogP contribution in [0.25, 0.3) is 16.5 Å². The van der Waals surface area contributed by atoms with Gasteiger partial charge in [0, 0.05) is 17.8 Å². The van der Waals surface area contributed by atoms with E-state index >= 15 is 0 Å². The van der Waals surface area contributed by atoms with E-state index in [9.17, 15) is 14.7 Å². The highest BCUT2D eigenvalue weighted by Crippen LogP contribution is 2.29. The minimum absolute atomic E-state index is 0.00131. The number of fused-ring (bicyclic) bond motifs is 1. The predicted octanol–water partition coefficient (Wildman–Crippen LogP) is 1.19. The van der Waals surface area contributed by atoms with E-state index in [0.29, 0.717) is 16.6 Å². The van der Waals surface area contributed by atoms with Crippen molar-refractivity contribution < 1.29 is 15.0 Å². The molecule has 8 nitrogen and oxygen atoms in total. The monoisotopic (exact) mass is 361 g/mol. The number of carbonyl (C=O) groups is 1. The van der Waals surface area contributed by atoms with Crippen molar-refractivity contribution in [1.82, 2.24) is 9.97 Å². The molecule has 0 unspecified atom stereocenters. The fourth-order valence-electron chi connectivity index (χ4n) is 3.04. The van der Waals surface area contributed by atoms with Gasteiger partial charge in [0.15, 0.2) is 0 Å². The molecule has 3 aromatic rings. The first-order valence-corrected chi connectivity index (χ1v) is 8.05. The number of aromatic amines is 1. The van der Waals surface area contributed by atoms with Crippen LogP contribution in [0.5, 0.6) is 0 Å². The minimum Gasteiger partial charge on any atom is -0.874 e. The highest BCUT2D eigenvalue weighted by molar-refractivity contribution is 6.30. The summed E-state index contributed by atoms with van der Waals surface area (Å²) in [4.78, 5) is 31.7. The van der Waals surface area contributed by atoms with E-state index in [-0.39, 0.29) is 35.1 Å². The summed E-state index contributed by atoms with van der Waals surface area (Å²) in [6.45, 7) is -0.131. The lowest BCUT2D eigenvalue weighted by atomic mass is 10.1. The molecule has 27 heavy (non-hydrogen) atoms. The number of para-hydroxylation sites is 1. The maximum atomic E-state index is 12.5. The first-order chi connectivity index (χ1) is 13.0. The van der Waals surface area contributed by atoms with Crippen LogP contribution in [0, 0.1) is 5.41 Å². The SMILES string of the molecule is N=C1C(c2nc3ccccc3c(=O)[nH]2)=C([O-])CN1c1cccc(C(=O)O)c1. The molecule has 0 fully saturated rings. The summed E-state index contributed by atoms with van der Waals surface area (Å²) in [6.07, 6.45) is 0. The number of H-pyrrole nitrogens is 1. The number of benzene rings is 2. The Hall–Kier alpha value is -3.94. The summed E-state index contributed by atoms with van der Waals surface area (Å²) in [5.74, 6) is -1.58. The molecule has 0 aliphatic carbocycles. The molecule has 1 aliphatic heterocycles. The largest absolute Gasteiger partial charge is 0.874 e. The van der Waals surface area contributed by atoms with Crippen molar-refractivity contribution >= 4 is 34.0 Å². The van der Waals surface area contributed by atoms with Crippen LogP contribution in [0.4, 0.5) is 5.69 Å². The van der Waals surface area contributed by atoms with Crippen molar-refractivity contribution in [2.75, 3.05) is 11.4 Å². The molecule has 134 valence electrons. The topological polar surface area (TPSA) is 133 Å². The molecule has 1 aromatic heterocycles. The van der Waals surface area contributed by atoms with Crippen LogP contribution in [-0.4, -0.2) is 33.4 Å². The van der Waals surface area contributed by atoms with E-state index < -0.39 is 11.5 Å². The number of carboxylic acid groups (broad SMARTS) is 1. The van der Waals surface area contributed by atoms with E-state index in [0.717, 1.165) is 0 Å². The number of rotatable bonds is 3. The van der Waals surface area contributed by atoms with E-state index in [4.69, 9.17) is 10.5 Å². The highest BCUT2D eigenvalue weighted by Gasteiger charge is 2.27. The van der Waals surface area contributed by atoms with Gasteiger partial charge >= 0.3 is 5.97 Å². The van der Waals surface area contributed by atoms with Gasteiger partial charge in [-0.2, -0.15) is 0 Å². The number of aromatic nitrogens is 2. The summed E-state index contributed by atoms with van der Waals surface area (Å²) in [7, 11) is 0. The lowest BCUT2D eigenvalue weighted by Crippen LogP contribution is -2.27. The second-order valence-electron chi connectivity index (χ2n) is 6.02. The normalized spacial score (nSPS) is 14.2. The number of amidine groups is 1. The summed E-state index contributed by atoms with van der Waals surface area (Å²) >= 11 is 0. The van der Waals surface area contributed by atoms with Crippen LogP contribution in [0.3, 0.4) is 0 Å². The van der Waals surface area contributed by atoms with Gasteiger partial charge in [0.05, 0.1) is 16.5 Å². The van der Waals surface area contributed by atoms with Gasteiger partial charge in [0.25, 0.3) is 5.56 Å². The molecule has 0 atom stereocenters. The lowest BCUT2D eigenvalue weighted by Gasteiger charge is -2.20. The molecular weight excluding hydrogens is 348 g/mol. The zero-order valence-electron chi connectivity index (χ0n) is 13.9. The number of nitrogens with one attached hydrogen (secondary N) is 2. The second-order valence-corrected chi connectivity index (χ2v) is 6.02. The van der Waals surface area contributed by atoms with Crippen LogP contribution in [0.15, 0.2) is 59.1 Å². The van der Waals surface area contributed by atoms with Gasteiger partial charge in [0.1, 0.15) is 11.7 Å². The first kappa shape index (κ1) is 16.5. The predicted molar refractivity (Wildman–Crippen MR) is 97.8 cm³/mol. The Labute approximate surface area is 152 Å². The van der Waals surface area contributed by atoms with E-state index in [2.05, 4.69) is 9.97 Å². The van der Waals surface area contributed by atoms with Crippen LogP contribution in [0.1, 0.15) is 16.2 Å². The second kappa shape index (κ2) is 6.10. The first-order valence-electron chi connectivity index (χ1n) is 8.05. The molecule has 0 radical (unpaired) electrons. The zero-order chi connectivity index (χ0) is 19.1. The third kappa shape index (κ3) is 2.73. The fourth-order valence-corrected chi connectivity index (χ4v) is 3.04. The third-order valence-electron chi connectivity index (χ3n) is 4.34. The van der Waals surface area contributed by atoms with Crippen molar-refractivity contribution in [3.05, 3.63) is 76.0 Å².